The lowest BCUT2D eigenvalue weighted by molar-refractivity contribution is -0.121. The van der Waals surface area contributed by atoms with Crippen molar-refractivity contribution in [3.63, 3.8) is 0 Å². The summed E-state index contributed by atoms with van der Waals surface area (Å²) in [5.41, 5.74) is 13.1. The number of amides is 2. The van der Waals surface area contributed by atoms with Crippen molar-refractivity contribution >= 4 is 17.8 Å². The molecule has 8 nitrogen and oxygen atoms in total. The van der Waals surface area contributed by atoms with E-state index in [-0.39, 0.29) is 35.8 Å². The van der Waals surface area contributed by atoms with Crippen LogP contribution in [0.15, 0.2) is 41.4 Å². The SMILES string of the molecule is CCc1ccc(CC(=O)N=C(N)N)c(OC)c1.COc1cc(CNC(=O)CCC2CCCCC2)ccc1F. The minimum Gasteiger partial charge on any atom is -0.496 e. The number of methoxy groups -OCH3 is 2. The molecule has 1 fully saturated rings. The molecule has 1 aliphatic rings. The Labute approximate surface area is 225 Å². The first-order chi connectivity index (χ1) is 18.2. The predicted molar refractivity (Wildman–Crippen MR) is 148 cm³/mol. The van der Waals surface area contributed by atoms with E-state index in [1.165, 1.54) is 45.3 Å². The van der Waals surface area contributed by atoms with Crippen LogP contribution in [0.2, 0.25) is 0 Å². The molecule has 1 saturated carbocycles. The normalized spacial score (nSPS) is 13.1. The lowest BCUT2D eigenvalue weighted by Crippen LogP contribution is -2.24. The summed E-state index contributed by atoms with van der Waals surface area (Å²) < 4.78 is 23.4. The van der Waals surface area contributed by atoms with Crippen molar-refractivity contribution in [1.29, 1.82) is 0 Å². The molecule has 0 unspecified atom stereocenters. The zero-order chi connectivity index (χ0) is 27.9. The molecule has 0 bridgehead atoms. The molecule has 0 heterocycles. The molecule has 9 heteroatoms. The number of hydrogen-bond acceptors (Lipinski definition) is 4. The number of aliphatic imine (C=N–C) groups is 1. The Balaban J connectivity index is 0.000000273. The summed E-state index contributed by atoms with van der Waals surface area (Å²) in [6.45, 7) is 2.47. The molecule has 38 heavy (non-hydrogen) atoms. The smallest absolute Gasteiger partial charge is 0.253 e. The van der Waals surface area contributed by atoms with Crippen LogP contribution in [0, 0.1) is 11.7 Å². The Bertz CT molecular complexity index is 1080. The van der Waals surface area contributed by atoms with Gasteiger partial charge in [-0.2, -0.15) is 4.99 Å². The van der Waals surface area contributed by atoms with E-state index in [9.17, 15) is 14.0 Å². The molecule has 2 aromatic rings. The molecule has 2 aromatic carbocycles. The van der Waals surface area contributed by atoms with Crippen LogP contribution in [0.3, 0.4) is 0 Å². The van der Waals surface area contributed by atoms with Crippen LogP contribution in [0.4, 0.5) is 4.39 Å². The van der Waals surface area contributed by atoms with Crippen LogP contribution < -0.4 is 26.3 Å². The molecular weight excluding hydrogens is 487 g/mol. The maximum Gasteiger partial charge on any atom is 0.253 e. The summed E-state index contributed by atoms with van der Waals surface area (Å²) in [5.74, 6) is 0.697. The average Bonchev–Trinajstić information content (AvgIpc) is 2.92. The number of nitrogens with zero attached hydrogens (tertiary/aromatic N) is 1. The van der Waals surface area contributed by atoms with E-state index >= 15 is 0 Å². The summed E-state index contributed by atoms with van der Waals surface area (Å²) in [6, 6.07) is 10.4. The fourth-order valence-corrected chi connectivity index (χ4v) is 4.42. The van der Waals surface area contributed by atoms with Gasteiger partial charge in [-0.15, -0.1) is 0 Å². The summed E-state index contributed by atoms with van der Waals surface area (Å²) >= 11 is 0. The van der Waals surface area contributed by atoms with E-state index in [0.29, 0.717) is 18.7 Å². The largest absolute Gasteiger partial charge is 0.496 e. The zero-order valence-corrected chi connectivity index (χ0v) is 22.7. The molecule has 2 amide bonds. The van der Waals surface area contributed by atoms with Crippen molar-refractivity contribution < 1.29 is 23.5 Å². The summed E-state index contributed by atoms with van der Waals surface area (Å²) in [7, 11) is 3.01. The van der Waals surface area contributed by atoms with E-state index in [0.717, 1.165) is 35.4 Å². The van der Waals surface area contributed by atoms with Crippen molar-refractivity contribution in [2.75, 3.05) is 14.2 Å². The number of rotatable bonds is 10. The minimum absolute atomic E-state index is 0.0730. The lowest BCUT2D eigenvalue weighted by atomic mass is 9.86. The second kappa shape index (κ2) is 16.3. The van der Waals surface area contributed by atoms with Gasteiger partial charge in [0.2, 0.25) is 5.91 Å². The maximum absolute atomic E-state index is 13.3. The van der Waals surface area contributed by atoms with Gasteiger partial charge in [-0.1, -0.05) is 57.2 Å². The third kappa shape index (κ3) is 10.8. The standard InChI is InChI=1S/C17H24FNO2.C12H17N3O2/c1-21-16-11-14(7-9-15(16)18)12-19-17(20)10-8-13-5-3-2-4-6-13;1-3-8-4-5-9(10(6-8)17-2)7-11(16)15-12(13)14/h7,9,11,13H,2-6,8,10,12H2,1H3,(H,19,20);4-6H,3,7H2,1-2H3,(H4,13,14,15,16). The highest BCUT2D eigenvalue weighted by Gasteiger charge is 2.15. The summed E-state index contributed by atoms with van der Waals surface area (Å²) in [4.78, 5) is 26.8. The molecule has 1 aliphatic carbocycles. The summed E-state index contributed by atoms with van der Waals surface area (Å²) in [5, 5.41) is 2.89. The Morgan fingerprint density at radius 1 is 1.00 bits per heavy atom. The fraction of sp³-hybridized carbons (Fsp3) is 0.483. The third-order valence-corrected chi connectivity index (χ3v) is 6.56. The van der Waals surface area contributed by atoms with Crippen LogP contribution >= 0.6 is 0 Å². The zero-order valence-electron chi connectivity index (χ0n) is 22.7. The highest BCUT2D eigenvalue weighted by atomic mass is 19.1. The molecular formula is C29H41FN4O4. The molecule has 5 N–H and O–H groups in total. The highest BCUT2D eigenvalue weighted by Crippen LogP contribution is 2.27. The van der Waals surface area contributed by atoms with Crippen molar-refractivity contribution in [2.24, 2.45) is 22.4 Å². The minimum atomic E-state index is -0.384. The van der Waals surface area contributed by atoms with Crippen LogP contribution in [0.25, 0.3) is 0 Å². The van der Waals surface area contributed by atoms with Gasteiger partial charge in [-0.3, -0.25) is 9.59 Å². The number of halogens is 1. The highest BCUT2D eigenvalue weighted by molar-refractivity contribution is 5.92. The van der Waals surface area contributed by atoms with Gasteiger partial charge in [0, 0.05) is 18.5 Å². The number of benzene rings is 2. The number of hydrogen-bond donors (Lipinski definition) is 3. The topological polar surface area (TPSA) is 129 Å². The van der Waals surface area contributed by atoms with Gasteiger partial charge in [0.05, 0.1) is 20.6 Å². The molecule has 0 atom stereocenters. The molecule has 0 aromatic heterocycles. The number of carbonyl (C=O) groups is 2. The molecule has 0 radical (unpaired) electrons. The number of carbonyl (C=O) groups excluding carboxylic acids is 2. The van der Waals surface area contributed by atoms with Crippen molar-refractivity contribution in [2.45, 2.75) is 71.3 Å². The average molecular weight is 529 g/mol. The van der Waals surface area contributed by atoms with E-state index < -0.39 is 0 Å². The number of nitrogens with one attached hydrogen (secondary N) is 1. The van der Waals surface area contributed by atoms with Gasteiger partial charge in [-0.05, 0) is 48.1 Å². The molecule has 0 saturated heterocycles. The molecule has 0 spiro atoms. The molecule has 208 valence electrons. The van der Waals surface area contributed by atoms with Gasteiger partial charge in [0.1, 0.15) is 5.75 Å². The van der Waals surface area contributed by atoms with Crippen molar-refractivity contribution in [3.05, 3.63) is 58.9 Å². The van der Waals surface area contributed by atoms with Crippen molar-refractivity contribution in [1.82, 2.24) is 5.32 Å². The van der Waals surface area contributed by atoms with Gasteiger partial charge >= 0.3 is 0 Å². The fourth-order valence-electron chi connectivity index (χ4n) is 4.42. The lowest BCUT2D eigenvalue weighted by Gasteiger charge is -2.21. The van der Waals surface area contributed by atoms with E-state index in [4.69, 9.17) is 20.9 Å². The van der Waals surface area contributed by atoms with Crippen LogP contribution in [0.1, 0.15) is 68.6 Å². The van der Waals surface area contributed by atoms with Gasteiger partial charge < -0.3 is 26.3 Å². The van der Waals surface area contributed by atoms with Gasteiger partial charge in [0.15, 0.2) is 17.5 Å². The molecule has 3 rings (SSSR count). The van der Waals surface area contributed by atoms with Crippen LogP contribution in [-0.2, 0) is 29.0 Å². The maximum atomic E-state index is 13.3. The van der Waals surface area contributed by atoms with E-state index in [1.54, 1.807) is 19.2 Å². The first-order valence-electron chi connectivity index (χ1n) is 13.1. The first kappa shape index (κ1) is 30.6. The second-order valence-corrected chi connectivity index (χ2v) is 9.40. The number of ether oxygens (including phenoxy) is 2. The van der Waals surface area contributed by atoms with E-state index in [2.05, 4.69) is 17.2 Å². The number of nitrogens with two attached hydrogens (primary N) is 2. The Morgan fingerprint density at radius 3 is 2.29 bits per heavy atom. The van der Waals surface area contributed by atoms with Crippen LogP contribution in [0.5, 0.6) is 11.5 Å². The number of guanidine groups is 1. The number of aryl methyl sites for hydroxylation is 1. The first-order valence-corrected chi connectivity index (χ1v) is 13.1. The second-order valence-electron chi connectivity index (χ2n) is 9.40. The quantitative estimate of drug-likeness (QED) is 0.309. The molecule has 0 aliphatic heterocycles. The Hall–Kier alpha value is -3.62. The Kier molecular flexibility index (Phi) is 13.1. The van der Waals surface area contributed by atoms with Gasteiger partial charge in [-0.25, -0.2) is 4.39 Å². The van der Waals surface area contributed by atoms with Gasteiger partial charge in [0.25, 0.3) is 5.91 Å². The van der Waals surface area contributed by atoms with Crippen LogP contribution in [-0.4, -0.2) is 32.0 Å². The third-order valence-electron chi connectivity index (χ3n) is 6.56. The van der Waals surface area contributed by atoms with Crippen molar-refractivity contribution in [3.8, 4) is 11.5 Å². The predicted octanol–water partition coefficient (Wildman–Crippen LogP) is 4.41. The Morgan fingerprint density at radius 2 is 1.66 bits per heavy atom. The summed E-state index contributed by atoms with van der Waals surface area (Å²) in [6.07, 6.45) is 9.11. The van der Waals surface area contributed by atoms with E-state index in [1.807, 2.05) is 18.2 Å². The monoisotopic (exact) mass is 528 g/mol.